The quantitative estimate of drug-likeness (QED) is 0.605. The number of imide groups is 1. The van der Waals surface area contributed by atoms with Crippen LogP contribution in [-0.2, 0) is 11.2 Å². The highest BCUT2D eigenvalue weighted by molar-refractivity contribution is 6.04. The van der Waals surface area contributed by atoms with Crippen molar-refractivity contribution in [2.24, 2.45) is 5.73 Å². The minimum atomic E-state index is -0.189. The van der Waals surface area contributed by atoms with Crippen LogP contribution in [0.1, 0.15) is 37.7 Å². The Balaban J connectivity index is 1.26. The van der Waals surface area contributed by atoms with Gasteiger partial charge in [0.15, 0.2) is 0 Å². The first kappa shape index (κ1) is 18.0. The van der Waals surface area contributed by atoms with Crippen molar-refractivity contribution in [3.05, 3.63) is 48.0 Å². The summed E-state index contributed by atoms with van der Waals surface area (Å²) < 4.78 is 0. The van der Waals surface area contributed by atoms with Crippen molar-refractivity contribution >= 4 is 22.7 Å². The lowest BCUT2D eigenvalue weighted by Gasteiger charge is -2.17. The van der Waals surface area contributed by atoms with Gasteiger partial charge in [-0.3, -0.25) is 9.69 Å². The van der Waals surface area contributed by atoms with Gasteiger partial charge in [-0.1, -0.05) is 48.9 Å². The molecule has 0 spiro atoms. The molecule has 0 aliphatic carbocycles. The van der Waals surface area contributed by atoms with Gasteiger partial charge in [-0.25, -0.2) is 4.79 Å². The van der Waals surface area contributed by atoms with E-state index in [1.165, 1.54) is 21.2 Å². The van der Waals surface area contributed by atoms with Crippen molar-refractivity contribution in [1.82, 2.24) is 9.80 Å². The number of urea groups is 1. The fourth-order valence-electron chi connectivity index (χ4n) is 4.42. The van der Waals surface area contributed by atoms with Crippen LogP contribution < -0.4 is 5.73 Å². The monoisotopic (exact) mass is 365 g/mol. The van der Waals surface area contributed by atoms with Crippen molar-refractivity contribution in [1.29, 1.82) is 0 Å². The van der Waals surface area contributed by atoms with E-state index in [1.807, 2.05) is 0 Å². The summed E-state index contributed by atoms with van der Waals surface area (Å²) in [6.45, 7) is 1.24. The van der Waals surface area contributed by atoms with Crippen LogP contribution in [0.5, 0.6) is 0 Å². The third-order valence-corrected chi connectivity index (χ3v) is 5.85. The third kappa shape index (κ3) is 3.56. The Kier molecular flexibility index (Phi) is 5.12. The molecule has 2 heterocycles. The zero-order chi connectivity index (χ0) is 18.8. The van der Waals surface area contributed by atoms with Crippen LogP contribution in [0.2, 0.25) is 0 Å². The normalized spacial score (nSPS) is 20.6. The highest BCUT2D eigenvalue weighted by Gasteiger charge is 2.46. The second-order valence-corrected chi connectivity index (χ2v) is 7.72. The maximum absolute atomic E-state index is 12.3. The van der Waals surface area contributed by atoms with E-state index in [0.717, 1.165) is 45.1 Å². The first-order valence-corrected chi connectivity index (χ1v) is 9.99. The lowest BCUT2D eigenvalue weighted by Crippen LogP contribution is -2.34. The smallest absolute Gasteiger partial charge is 0.327 e. The lowest BCUT2D eigenvalue weighted by atomic mass is 9.97. The van der Waals surface area contributed by atoms with E-state index < -0.39 is 0 Å². The van der Waals surface area contributed by atoms with E-state index in [1.54, 1.807) is 4.90 Å². The van der Waals surface area contributed by atoms with Gasteiger partial charge in [0.25, 0.3) is 5.91 Å². The molecule has 0 bridgehead atoms. The zero-order valence-corrected chi connectivity index (χ0v) is 15.6. The molecule has 0 saturated carbocycles. The molecule has 2 aliphatic heterocycles. The Morgan fingerprint density at radius 2 is 1.89 bits per heavy atom. The number of amides is 3. The summed E-state index contributed by atoms with van der Waals surface area (Å²) in [5.74, 6) is -0.00226. The summed E-state index contributed by atoms with van der Waals surface area (Å²) >= 11 is 0. The largest absolute Gasteiger partial charge is 0.327 e. The minimum absolute atomic E-state index is 0.00226. The van der Waals surface area contributed by atoms with E-state index in [2.05, 4.69) is 42.5 Å². The number of hydrogen-bond donors (Lipinski definition) is 1. The van der Waals surface area contributed by atoms with Gasteiger partial charge in [-0.2, -0.15) is 0 Å². The molecule has 27 heavy (non-hydrogen) atoms. The van der Waals surface area contributed by atoms with Gasteiger partial charge in [0.1, 0.15) is 6.04 Å². The minimum Gasteiger partial charge on any atom is -0.327 e. The summed E-state index contributed by atoms with van der Waals surface area (Å²) in [6, 6.07) is 14.5. The summed E-state index contributed by atoms with van der Waals surface area (Å²) in [5, 5.41) is 2.51. The average Bonchev–Trinajstić information content (AvgIpc) is 3.24. The predicted octanol–water partition coefficient (Wildman–Crippen LogP) is 3.31. The van der Waals surface area contributed by atoms with E-state index in [9.17, 15) is 9.59 Å². The fraction of sp³-hybridized carbons (Fsp3) is 0.455. The standard InChI is InChI=1S/C22H27N3O2/c23-18(15-17-9-5-8-16-7-1-2-11-19(16)17)10-3-4-13-25-21(26)20-12-6-14-24(20)22(25)27/h1-2,5,7-9,11,18,20H,3-4,6,10,12-15,23H2. The number of nitrogens with two attached hydrogens (primary N) is 1. The van der Waals surface area contributed by atoms with Crippen molar-refractivity contribution in [3.63, 3.8) is 0 Å². The van der Waals surface area contributed by atoms with Crippen LogP contribution in [-0.4, -0.2) is 46.9 Å². The van der Waals surface area contributed by atoms with Gasteiger partial charge in [0.05, 0.1) is 0 Å². The number of benzene rings is 2. The Morgan fingerprint density at radius 3 is 2.74 bits per heavy atom. The number of unbranched alkanes of at least 4 members (excludes halogenated alkanes) is 1. The maximum Gasteiger partial charge on any atom is 0.327 e. The fourth-order valence-corrected chi connectivity index (χ4v) is 4.42. The first-order chi connectivity index (χ1) is 13.1. The molecule has 4 rings (SSSR count). The van der Waals surface area contributed by atoms with Gasteiger partial charge in [0, 0.05) is 19.1 Å². The highest BCUT2D eigenvalue weighted by atomic mass is 16.2. The average molecular weight is 365 g/mol. The van der Waals surface area contributed by atoms with Gasteiger partial charge in [-0.15, -0.1) is 0 Å². The Labute approximate surface area is 160 Å². The molecule has 2 unspecified atom stereocenters. The molecule has 5 nitrogen and oxygen atoms in total. The van der Waals surface area contributed by atoms with Crippen molar-refractivity contribution in [2.75, 3.05) is 13.1 Å². The first-order valence-electron chi connectivity index (χ1n) is 9.99. The second-order valence-electron chi connectivity index (χ2n) is 7.72. The molecule has 0 aromatic heterocycles. The summed E-state index contributed by atoms with van der Waals surface area (Å²) in [5.41, 5.74) is 7.65. The van der Waals surface area contributed by atoms with E-state index in [-0.39, 0.29) is 24.0 Å². The molecular formula is C22H27N3O2. The van der Waals surface area contributed by atoms with Crippen LogP contribution in [0.15, 0.2) is 42.5 Å². The van der Waals surface area contributed by atoms with Crippen LogP contribution in [0.3, 0.4) is 0 Å². The van der Waals surface area contributed by atoms with Crippen LogP contribution in [0.4, 0.5) is 4.79 Å². The zero-order valence-electron chi connectivity index (χ0n) is 15.6. The topological polar surface area (TPSA) is 66.6 Å². The molecule has 2 fully saturated rings. The van der Waals surface area contributed by atoms with Crippen LogP contribution >= 0.6 is 0 Å². The van der Waals surface area contributed by atoms with Gasteiger partial charge in [-0.05, 0) is 48.4 Å². The van der Waals surface area contributed by atoms with E-state index in [4.69, 9.17) is 5.73 Å². The maximum atomic E-state index is 12.3. The summed E-state index contributed by atoms with van der Waals surface area (Å²) in [6.07, 6.45) is 5.25. The van der Waals surface area contributed by atoms with Gasteiger partial charge < -0.3 is 10.6 Å². The number of fused-ring (bicyclic) bond motifs is 2. The lowest BCUT2D eigenvalue weighted by molar-refractivity contribution is -0.128. The van der Waals surface area contributed by atoms with Crippen LogP contribution in [0.25, 0.3) is 10.8 Å². The Bertz CT molecular complexity index is 823. The molecule has 2 saturated heterocycles. The van der Waals surface area contributed by atoms with E-state index in [0.29, 0.717) is 6.54 Å². The molecule has 2 aliphatic rings. The molecule has 2 N–H and O–H groups in total. The second kappa shape index (κ2) is 7.69. The molecule has 2 aromatic carbocycles. The summed E-state index contributed by atoms with van der Waals surface area (Å²) in [4.78, 5) is 27.8. The van der Waals surface area contributed by atoms with Crippen LogP contribution in [0, 0.1) is 0 Å². The Hall–Kier alpha value is -2.40. The van der Waals surface area contributed by atoms with Gasteiger partial charge >= 0.3 is 6.03 Å². The summed E-state index contributed by atoms with van der Waals surface area (Å²) in [7, 11) is 0. The van der Waals surface area contributed by atoms with Crippen molar-refractivity contribution in [2.45, 2.75) is 50.6 Å². The van der Waals surface area contributed by atoms with Crippen molar-refractivity contribution in [3.8, 4) is 0 Å². The number of carbonyl (C=O) groups excluding carboxylic acids is 2. The molecular weight excluding hydrogens is 338 g/mol. The number of hydrogen-bond acceptors (Lipinski definition) is 3. The molecule has 142 valence electrons. The van der Waals surface area contributed by atoms with Crippen molar-refractivity contribution < 1.29 is 9.59 Å². The Morgan fingerprint density at radius 1 is 1.07 bits per heavy atom. The molecule has 2 atom stereocenters. The van der Waals surface area contributed by atoms with Gasteiger partial charge in [0.2, 0.25) is 0 Å². The highest BCUT2D eigenvalue weighted by Crippen LogP contribution is 2.27. The third-order valence-electron chi connectivity index (χ3n) is 5.85. The van der Waals surface area contributed by atoms with E-state index >= 15 is 0 Å². The molecule has 3 amide bonds. The predicted molar refractivity (Wildman–Crippen MR) is 106 cm³/mol. The number of nitrogens with zero attached hydrogens (tertiary/aromatic N) is 2. The molecule has 5 heteroatoms. The SMILES string of the molecule is NC(CCCCN1C(=O)C2CCCN2C1=O)Cc1cccc2ccccc12. The molecule has 2 aromatic rings. The number of carbonyl (C=O) groups is 2. The molecule has 0 radical (unpaired) electrons. The number of rotatable bonds is 7.